The van der Waals surface area contributed by atoms with Gasteiger partial charge in [-0.2, -0.15) is 0 Å². The van der Waals surface area contributed by atoms with Crippen LogP contribution in [-0.2, 0) is 11.3 Å². The van der Waals surface area contributed by atoms with Crippen molar-refractivity contribution in [2.45, 2.75) is 6.61 Å². The minimum Gasteiger partial charge on any atom is -0.455 e. The number of nitro groups is 1. The van der Waals surface area contributed by atoms with Crippen LogP contribution in [0.1, 0.15) is 15.4 Å². The van der Waals surface area contributed by atoms with Crippen molar-refractivity contribution in [3.8, 4) is 5.69 Å². The van der Waals surface area contributed by atoms with Gasteiger partial charge in [-0.3, -0.25) is 10.1 Å². The van der Waals surface area contributed by atoms with Crippen LogP contribution in [0.2, 0.25) is 0 Å². The molecule has 0 fully saturated rings. The number of esters is 1. The van der Waals surface area contributed by atoms with Crippen LogP contribution in [0, 0.1) is 10.1 Å². The van der Waals surface area contributed by atoms with E-state index in [9.17, 15) is 14.9 Å². The summed E-state index contributed by atoms with van der Waals surface area (Å²) in [5, 5.41) is 12.0. The molecule has 8 nitrogen and oxygen atoms in total. The van der Waals surface area contributed by atoms with Crippen LogP contribution in [0.25, 0.3) is 15.9 Å². The van der Waals surface area contributed by atoms with E-state index in [-0.39, 0.29) is 17.9 Å². The maximum atomic E-state index is 12.3. The van der Waals surface area contributed by atoms with Gasteiger partial charge in [0.25, 0.3) is 5.69 Å². The van der Waals surface area contributed by atoms with Crippen molar-refractivity contribution in [3.63, 3.8) is 0 Å². The second-order valence-electron chi connectivity index (χ2n) is 5.58. The fraction of sp³-hybridized carbons (Fsp3) is 0.0556. The van der Waals surface area contributed by atoms with Gasteiger partial charge in [-0.1, -0.05) is 12.1 Å². The molecule has 0 saturated carbocycles. The number of hydrogen-bond acceptors (Lipinski definition) is 7. The molecule has 0 aliphatic carbocycles. The van der Waals surface area contributed by atoms with Gasteiger partial charge in [-0.15, -0.1) is 11.3 Å². The summed E-state index contributed by atoms with van der Waals surface area (Å²) in [6.45, 7) is 0.00918. The number of nitrogens with zero attached hydrogens (tertiary/aromatic N) is 4. The molecule has 2 aromatic carbocycles. The molecule has 0 radical (unpaired) electrons. The molecule has 0 unspecified atom stereocenters. The van der Waals surface area contributed by atoms with E-state index < -0.39 is 10.9 Å². The Balaban J connectivity index is 1.54. The van der Waals surface area contributed by atoms with Crippen LogP contribution in [0.3, 0.4) is 0 Å². The molecular formula is C18H12N4O4S. The second-order valence-corrected chi connectivity index (χ2v) is 6.70. The molecule has 0 atom stereocenters. The van der Waals surface area contributed by atoms with Crippen LogP contribution < -0.4 is 0 Å². The van der Waals surface area contributed by atoms with Crippen molar-refractivity contribution >= 4 is 33.2 Å². The van der Waals surface area contributed by atoms with Gasteiger partial charge in [-0.05, 0) is 24.3 Å². The highest BCUT2D eigenvalue weighted by molar-refractivity contribution is 7.18. The van der Waals surface area contributed by atoms with Crippen molar-refractivity contribution in [2.75, 3.05) is 0 Å². The summed E-state index contributed by atoms with van der Waals surface area (Å²) in [5.74, 6) is -0.644. The van der Waals surface area contributed by atoms with Gasteiger partial charge < -0.3 is 9.30 Å². The highest BCUT2D eigenvalue weighted by Crippen LogP contribution is 2.25. The lowest BCUT2D eigenvalue weighted by Gasteiger charge is -2.06. The standard InChI is InChI=1S/C18H12N4O4S/c23-18(26-10-17-20-13-3-1-2-4-16(13)27-17)12-5-6-14(15(9-12)22(24)25)21-8-7-19-11-21/h1-9,11H,10H2. The van der Waals surface area contributed by atoms with Gasteiger partial charge in [0.05, 0.1) is 27.0 Å². The molecule has 0 saturated heterocycles. The van der Waals surface area contributed by atoms with E-state index in [1.807, 2.05) is 24.3 Å². The van der Waals surface area contributed by atoms with Gasteiger partial charge in [0, 0.05) is 18.5 Å². The molecule has 0 N–H and O–H groups in total. The van der Waals surface area contributed by atoms with Crippen LogP contribution >= 0.6 is 11.3 Å². The monoisotopic (exact) mass is 380 g/mol. The van der Waals surface area contributed by atoms with Crippen molar-refractivity contribution in [2.24, 2.45) is 0 Å². The van der Waals surface area contributed by atoms with Crippen molar-refractivity contribution < 1.29 is 14.5 Å². The molecule has 134 valence electrons. The number of ether oxygens (including phenoxy) is 1. The van der Waals surface area contributed by atoms with Gasteiger partial charge in [0.15, 0.2) is 0 Å². The van der Waals surface area contributed by atoms with E-state index in [0.29, 0.717) is 10.7 Å². The Labute approximate surface area is 156 Å². The number of nitro benzene ring substituents is 1. The Morgan fingerprint density at radius 1 is 1.26 bits per heavy atom. The summed E-state index contributed by atoms with van der Waals surface area (Å²) in [6.07, 6.45) is 4.56. The quantitative estimate of drug-likeness (QED) is 0.297. The molecular weight excluding hydrogens is 368 g/mol. The Bertz CT molecular complexity index is 1100. The molecule has 0 aliphatic rings. The van der Waals surface area contributed by atoms with Crippen LogP contribution in [-0.4, -0.2) is 25.4 Å². The van der Waals surface area contributed by atoms with Gasteiger partial charge in [0.2, 0.25) is 0 Å². The lowest BCUT2D eigenvalue weighted by atomic mass is 10.1. The zero-order valence-corrected chi connectivity index (χ0v) is 14.6. The first-order valence-electron chi connectivity index (χ1n) is 7.90. The van der Waals surface area contributed by atoms with E-state index in [0.717, 1.165) is 10.2 Å². The minimum atomic E-state index is -0.644. The number of thiazole rings is 1. The topological polar surface area (TPSA) is 100 Å². The Morgan fingerprint density at radius 2 is 2.11 bits per heavy atom. The molecule has 0 bridgehead atoms. The molecule has 2 heterocycles. The number of imidazole rings is 1. The maximum Gasteiger partial charge on any atom is 0.338 e. The Morgan fingerprint density at radius 3 is 2.85 bits per heavy atom. The van der Waals surface area contributed by atoms with Crippen molar-refractivity contribution in [3.05, 3.63) is 81.9 Å². The van der Waals surface area contributed by atoms with E-state index in [2.05, 4.69) is 9.97 Å². The average Bonchev–Trinajstić information content (AvgIpc) is 3.34. The SMILES string of the molecule is O=C(OCc1nc2ccccc2s1)c1ccc(-n2ccnc2)c([N+](=O)[O-])c1. The predicted molar refractivity (Wildman–Crippen MR) is 99.0 cm³/mol. The third kappa shape index (κ3) is 3.40. The lowest BCUT2D eigenvalue weighted by molar-refractivity contribution is -0.384. The Kier molecular flexibility index (Phi) is 4.35. The molecule has 2 aromatic heterocycles. The average molecular weight is 380 g/mol. The van der Waals surface area contributed by atoms with Crippen LogP contribution in [0.15, 0.2) is 61.2 Å². The number of rotatable bonds is 5. The molecule has 9 heteroatoms. The molecule has 0 amide bonds. The van der Waals surface area contributed by atoms with Gasteiger partial charge >= 0.3 is 5.97 Å². The molecule has 0 aliphatic heterocycles. The summed E-state index contributed by atoms with van der Waals surface area (Å²) in [6, 6.07) is 11.8. The van der Waals surface area contributed by atoms with Crippen molar-refractivity contribution in [1.82, 2.24) is 14.5 Å². The fourth-order valence-electron chi connectivity index (χ4n) is 2.61. The zero-order chi connectivity index (χ0) is 18.8. The number of aromatic nitrogens is 3. The van der Waals surface area contributed by atoms with Crippen molar-refractivity contribution in [1.29, 1.82) is 0 Å². The normalized spacial score (nSPS) is 10.8. The number of benzene rings is 2. The number of hydrogen-bond donors (Lipinski definition) is 0. The van der Waals surface area contributed by atoms with E-state index in [4.69, 9.17) is 4.74 Å². The molecule has 0 spiro atoms. The summed E-state index contributed by atoms with van der Waals surface area (Å²) < 4.78 is 7.79. The summed E-state index contributed by atoms with van der Waals surface area (Å²) >= 11 is 1.44. The number of carbonyl (C=O) groups excluding carboxylic acids is 1. The smallest absolute Gasteiger partial charge is 0.338 e. The number of para-hydroxylation sites is 1. The highest BCUT2D eigenvalue weighted by atomic mass is 32.1. The van der Waals surface area contributed by atoms with Crippen LogP contribution in [0.4, 0.5) is 5.69 Å². The molecule has 4 rings (SSSR count). The summed E-state index contributed by atoms with van der Waals surface area (Å²) in [5.41, 5.74) is 1.06. The number of carbonyl (C=O) groups is 1. The lowest BCUT2D eigenvalue weighted by Crippen LogP contribution is -2.07. The predicted octanol–water partition coefficient (Wildman–Crippen LogP) is 3.75. The van der Waals surface area contributed by atoms with E-state index in [1.54, 1.807) is 6.20 Å². The number of fused-ring (bicyclic) bond motifs is 1. The first-order valence-corrected chi connectivity index (χ1v) is 8.72. The summed E-state index contributed by atoms with van der Waals surface area (Å²) in [7, 11) is 0. The minimum absolute atomic E-state index is 0.00918. The first kappa shape index (κ1) is 16.9. The second kappa shape index (κ2) is 6.96. The van der Waals surface area contributed by atoms with Crippen LogP contribution in [0.5, 0.6) is 0 Å². The maximum absolute atomic E-state index is 12.3. The van der Waals surface area contributed by atoms with Gasteiger partial charge in [-0.25, -0.2) is 14.8 Å². The van der Waals surface area contributed by atoms with Gasteiger partial charge in [0.1, 0.15) is 17.3 Å². The fourth-order valence-corrected chi connectivity index (χ4v) is 3.49. The molecule has 4 aromatic rings. The zero-order valence-electron chi connectivity index (χ0n) is 13.8. The third-order valence-electron chi connectivity index (χ3n) is 3.86. The summed E-state index contributed by atoms with van der Waals surface area (Å²) in [4.78, 5) is 31.4. The first-order chi connectivity index (χ1) is 13.1. The van der Waals surface area contributed by atoms with E-state index >= 15 is 0 Å². The molecule has 27 heavy (non-hydrogen) atoms. The highest BCUT2D eigenvalue weighted by Gasteiger charge is 2.19. The largest absolute Gasteiger partial charge is 0.455 e. The third-order valence-corrected chi connectivity index (χ3v) is 4.87. The Hall–Kier alpha value is -3.59. The van der Waals surface area contributed by atoms with E-state index in [1.165, 1.54) is 46.6 Å².